The first kappa shape index (κ1) is 10.8. The summed E-state index contributed by atoms with van der Waals surface area (Å²) < 4.78 is 13.0. The summed E-state index contributed by atoms with van der Waals surface area (Å²) in [6.45, 7) is 0.669. The van der Waals surface area contributed by atoms with Gasteiger partial charge in [0.1, 0.15) is 0 Å². The lowest BCUT2D eigenvalue weighted by molar-refractivity contribution is 0.431. The minimum Gasteiger partial charge on any atom is -0.505 e. The van der Waals surface area contributed by atoms with Gasteiger partial charge in [-0.25, -0.2) is 4.39 Å². The standard InChI is InChI=1S/C11H14FNOS/c12-10-5-8(1-2-11(10)14)6-13-9-3-4-15-7-9/h1-2,5,9,13-14H,3-4,6-7H2. The molecule has 1 aliphatic rings. The van der Waals surface area contributed by atoms with Crippen molar-refractivity contribution in [3.05, 3.63) is 29.6 Å². The molecule has 1 aromatic rings. The van der Waals surface area contributed by atoms with E-state index in [1.165, 1.54) is 24.3 Å². The molecule has 82 valence electrons. The van der Waals surface area contributed by atoms with Crippen LogP contribution in [0, 0.1) is 5.82 Å². The highest BCUT2D eigenvalue weighted by Crippen LogP contribution is 2.19. The van der Waals surface area contributed by atoms with Crippen molar-refractivity contribution in [1.29, 1.82) is 0 Å². The summed E-state index contributed by atoms with van der Waals surface area (Å²) in [4.78, 5) is 0. The van der Waals surface area contributed by atoms with Gasteiger partial charge in [0.25, 0.3) is 0 Å². The van der Waals surface area contributed by atoms with Gasteiger partial charge in [-0.05, 0) is 29.9 Å². The minimum absolute atomic E-state index is 0.282. The summed E-state index contributed by atoms with van der Waals surface area (Å²) in [6.07, 6.45) is 1.19. The Morgan fingerprint density at radius 2 is 2.40 bits per heavy atom. The first-order chi connectivity index (χ1) is 7.25. The molecule has 1 aromatic carbocycles. The van der Waals surface area contributed by atoms with Crippen molar-refractivity contribution in [1.82, 2.24) is 5.32 Å². The van der Waals surface area contributed by atoms with Gasteiger partial charge in [0.05, 0.1) is 0 Å². The highest BCUT2D eigenvalue weighted by molar-refractivity contribution is 7.99. The molecule has 1 atom stereocenters. The fourth-order valence-corrected chi connectivity index (χ4v) is 2.80. The number of benzene rings is 1. The Kier molecular flexibility index (Phi) is 3.49. The van der Waals surface area contributed by atoms with E-state index in [9.17, 15) is 4.39 Å². The Balaban J connectivity index is 1.90. The van der Waals surface area contributed by atoms with E-state index in [2.05, 4.69) is 5.32 Å². The molecule has 0 spiro atoms. The summed E-state index contributed by atoms with van der Waals surface area (Å²) in [7, 11) is 0. The molecule has 1 aliphatic heterocycles. The smallest absolute Gasteiger partial charge is 0.165 e. The van der Waals surface area contributed by atoms with E-state index < -0.39 is 5.82 Å². The number of hydrogen-bond acceptors (Lipinski definition) is 3. The Labute approximate surface area is 92.9 Å². The average molecular weight is 227 g/mol. The maximum atomic E-state index is 13.0. The molecule has 0 bridgehead atoms. The van der Waals surface area contributed by atoms with Crippen LogP contribution < -0.4 is 5.32 Å². The maximum Gasteiger partial charge on any atom is 0.165 e. The van der Waals surface area contributed by atoms with Gasteiger partial charge in [0.15, 0.2) is 11.6 Å². The van der Waals surface area contributed by atoms with Crippen molar-refractivity contribution >= 4 is 11.8 Å². The highest BCUT2D eigenvalue weighted by Gasteiger charge is 2.14. The lowest BCUT2D eigenvalue weighted by atomic mass is 10.2. The summed E-state index contributed by atoms with van der Waals surface area (Å²) in [6, 6.07) is 5.07. The van der Waals surface area contributed by atoms with Crippen LogP contribution in [0.1, 0.15) is 12.0 Å². The topological polar surface area (TPSA) is 32.3 Å². The van der Waals surface area contributed by atoms with E-state index >= 15 is 0 Å². The summed E-state index contributed by atoms with van der Waals surface area (Å²) >= 11 is 1.95. The normalized spacial score (nSPS) is 20.7. The third-order valence-corrected chi connectivity index (χ3v) is 3.70. The first-order valence-electron chi connectivity index (χ1n) is 5.04. The third kappa shape index (κ3) is 2.86. The SMILES string of the molecule is Oc1ccc(CNC2CCSC2)cc1F. The molecule has 2 rings (SSSR count). The van der Waals surface area contributed by atoms with E-state index in [1.54, 1.807) is 6.07 Å². The minimum atomic E-state index is -0.546. The molecule has 0 radical (unpaired) electrons. The molecule has 1 unspecified atom stereocenters. The van der Waals surface area contributed by atoms with Crippen LogP contribution in [0.15, 0.2) is 18.2 Å². The van der Waals surface area contributed by atoms with E-state index in [-0.39, 0.29) is 5.75 Å². The molecule has 2 nitrogen and oxygen atoms in total. The highest BCUT2D eigenvalue weighted by atomic mass is 32.2. The van der Waals surface area contributed by atoms with Crippen LogP contribution in [0.5, 0.6) is 5.75 Å². The third-order valence-electron chi connectivity index (χ3n) is 2.54. The molecule has 1 fully saturated rings. The molecule has 4 heteroatoms. The van der Waals surface area contributed by atoms with Gasteiger partial charge in [-0.15, -0.1) is 0 Å². The largest absolute Gasteiger partial charge is 0.505 e. The number of phenols is 1. The molecular formula is C11H14FNOS. The average Bonchev–Trinajstić information content (AvgIpc) is 2.73. The van der Waals surface area contributed by atoms with Gasteiger partial charge in [0.2, 0.25) is 0 Å². The number of phenolic OH excluding ortho intramolecular Hbond substituents is 1. The zero-order valence-electron chi connectivity index (χ0n) is 8.37. The van der Waals surface area contributed by atoms with E-state index in [0.717, 1.165) is 11.3 Å². The van der Waals surface area contributed by atoms with Crippen LogP contribution in [-0.2, 0) is 6.54 Å². The van der Waals surface area contributed by atoms with Gasteiger partial charge in [-0.3, -0.25) is 0 Å². The van der Waals surface area contributed by atoms with Crippen molar-refractivity contribution in [2.24, 2.45) is 0 Å². The predicted molar refractivity (Wildman–Crippen MR) is 60.6 cm³/mol. The zero-order chi connectivity index (χ0) is 10.7. The predicted octanol–water partition coefficient (Wildman–Crippen LogP) is 2.13. The second-order valence-electron chi connectivity index (χ2n) is 3.73. The summed E-state index contributed by atoms with van der Waals surface area (Å²) in [5.74, 6) is 1.52. The van der Waals surface area contributed by atoms with E-state index in [1.807, 2.05) is 11.8 Å². The van der Waals surface area contributed by atoms with Crippen molar-refractivity contribution < 1.29 is 9.50 Å². The van der Waals surface area contributed by atoms with Gasteiger partial charge < -0.3 is 10.4 Å². The van der Waals surface area contributed by atoms with Gasteiger partial charge in [-0.2, -0.15) is 11.8 Å². The quantitative estimate of drug-likeness (QED) is 0.829. The molecule has 2 N–H and O–H groups in total. The van der Waals surface area contributed by atoms with E-state index in [0.29, 0.717) is 12.6 Å². The molecule has 0 aliphatic carbocycles. The van der Waals surface area contributed by atoms with Gasteiger partial charge in [-0.1, -0.05) is 6.07 Å². The van der Waals surface area contributed by atoms with Crippen LogP contribution in [0.4, 0.5) is 4.39 Å². The van der Waals surface area contributed by atoms with Crippen molar-refractivity contribution in [2.75, 3.05) is 11.5 Å². The molecule has 0 aromatic heterocycles. The number of nitrogens with one attached hydrogen (secondary N) is 1. The van der Waals surface area contributed by atoms with Crippen LogP contribution in [0.3, 0.4) is 0 Å². The lowest BCUT2D eigenvalue weighted by Crippen LogP contribution is -2.27. The molecule has 0 saturated carbocycles. The van der Waals surface area contributed by atoms with Crippen LogP contribution in [0.2, 0.25) is 0 Å². The van der Waals surface area contributed by atoms with E-state index in [4.69, 9.17) is 5.11 Å². The molecule has 15 heavy (non-hydrogen) atoms. The maximum absolute atomic E-state index is 13.0. The summed E-state index contributed by atoms with van der Waals surface area (Å²) in [5, 5.41) is 12.4. The Hall–Kier alpha value is -0.740. The molecule has 1 saturated heterocycles. The van der Waals surface area contributed by atoms with Crippen molar-refractivity contribution in [2.45, 2.75) is 19.0 Å². The fourth-order valence-electron chi connectivity index (χ4n) is 1.62. The molecule has 0 amide bonds. The Bertz CT molecular complexity index is 339. The number of thioether (sulfide) groups is 1. The monoisotopic (exact) mass is 227 g/mol. The van der Waals surface area contributed by atoms with Gasteiger partial charge >= 0.3 is 0 Å². The Morgan fingerprint density at radius 3 is 3.07 bits per heavy atom. The van der Waals surface area contributed by atoms with Crippen LogP contribution >= 0.6 is 11.8 Å². The molecule has 1 heterocycles. The first-order valence-corrected chi connectivity index (χ1v) is 6.19. The fraction of sp³-hybridized carbons (Fsp3) is 0.455. The Morgan fingerprint density at radius 1 is 1.53 bits per heavy atom. The van der Waals surface area contributed by atoms with Gasteiger partial charge in [0, 0.05) is 18.3 Å². The zero-order valence-corrected chi connectivity index (χ0v) is 9.19. The summed E-state index contributed by atoms with van der Waals surface area (Å²) in [5.41, 5.74) is 0.877. The number of aromatic hydroxyl groups is 1. The number of rotatable bonds is 3. The number of hydrogen-bond donors (Lipinski definition) is 2. The lowest BCUT2D eigenvalue weighted by Gasteiger charge is -2.11. The molecular weight excluding hydrogens is 213 g/mol. The second-order valence-corrected chi connectivity index (χ2v) is 4.88. The van der Waals surface area contributed by atoms with Crippen molar-refractivity contribution in [3.63, 3.8) is 0 Å². The number of halogens is 1. The second kappa shape index (κ2) is 4.86. The van der Waals surface area contributed by atoms with Crippen LogP contribution in [-0.4, -0.2) is 22.7 Å². The van der Waals surface area contributed by atoms with Crippen LogP contribution in [0.25, 0.3) is 0 Å². The van der Waals surface area contributed by atoms with Crippen molar-refractivity contribution in [3.8, 4) is 5.75 Å².